The molecule has 4 rings (SSSR count). The number of likely N-dealkylation sites (N-methyl/N-ethyl adjacent to an activating group) is 1. The van der Waals surface area contributed by atoms with Crippen LogP contribution in [0.5, 0.6) is 0 Å². The van der Waals surface area contributed by atoms with Gasteiger partial charge in [0.1, 0.15) is 6.17 Å². The fourth-order valence-corrected chi connectivity index (χ4v) is 4.74. The number of rotatable bonds is 5. The van der Waals surface area contributed by atoms with Crippen LogP contribution in [0.4, 0.5) is 10.1 Å². The summed E-state index contributed by atoms with van der Waals surface area (Å²) in [6, 6.07) is 12.4. The van der Waals surface area contributed by atoms with E-state index >= 15 is 0 Å². The average molecular weight is 426 g/mol. The van der Waals surface area contributed by atoms with E-state index < -0.39 is 6.17 Å². The molecule has 1 amide bonds. The Morgan fingerprint density at radius 1 is 1.23 bits per heavy atom. The quantitative estimate of drug-likeness (QED) is 0.686. The van der Waals surface area contributed by atoms with Crippen LogP contribution in [0.3, 0.4) is 0 Å². The number of nitrogens with one attached hydrogen (secondary N) is 1. The SMILES string of the molecule is CSc1ccccc1N[C@H](C)c1cc(C)cc2c1C=C(N1CC(F)C1)CN(C)C2=O. The van der Waals surface area contributed by atoms with Crippen molar-refractivity contribution in [3.05, 3.63) is 64.3 Å². The molecule has 0 radical (unpaired) electrons. The number of anilines is 1. The summed E-state index contributed by atoms with van der Waals surface area (Å²) in [6.45, 7) is 5.45. The minimum Gasteiger partial charge on any atom is -0.378 e. The molecule has 4 nitrogen and oxygen atoms in total. The van der Waals surface area contributed by atoms with Gasteiger partial charge in [0.05, 0.1) is 19.6 Å². The monoisotopic (exact) mass is 425 g/mol. The zero-order valence-electron chi connectivity index (χ0n) is 17.9. The van der Waals surface area contributed by atoms with E-state index in [-0.39, 0.29) is 11.9 Å². The van der Waals surface area contributed by atoms with Crippen LogP contribution in [0.2, 0.25) is 0 Å². The van der Waals surface area contributed by atoms with E-state index in [9.17, 15) is 9.18 Å². The van der Waals surface area contributed by atoms with E-state index in [2.05, 4.69) is 42.8 Å². The van der Waals surface area contributed by atoms with Crippen LogP contribution in [-0.4, -0.2) is 54.8 Å². The molecule has 0 aromatic heterocycles. The molecule has 0 aliphatic carbocycles. The van der Waals surface area contributed by atoms with Crippen LogP contribution < -0.4 is 5.32 Å². The van der Waals surface area contributed by atoms with Gasteiger partial charge in [-0.15, -0.1) is 11.8 Å². The maximum Gasteiger partial charge on any atom is 0.254 e. The van der Waals surface area contributed by atoms with Crippen molar-refractivity contribution in [3.8, 4) is 0 Å². The van der Waals surface area contributed by atoms with Crippen LogP contribution in [-0.2, 0) is 0 Å². The van der Waals surface area contributed by atoms with Crippen molar-refractivity contribution >= 4 is 29.4 Å². The molecular weight excluding hydrogens is 397 g/mol. The van der Waals surface area contributed by atoms with E-state index in [4.69, 9.17) is 0 Å². The zero-order valence-corrected chi connectivity index (χ0v) is 18.7. The Morgan fingerprint density at radius 2 is 1.97 bits per heavy atom. The first-order valence-electron chi connectivity index (χ1n) is 10.3. The van der Waals surface area contributed by atoms with Gasteiger partial charge in [0.25, 0.3) is 5.91 Å². The molecule has 158 valence electrons. The maximum absolute atomic E-state index is 13.5. The smallest absolute Gasteiger partial charge is 0.254 e. The normalized spacial score (nSPS) is 17.8. The zero-order chi connectivity index (χ0) is 21.4. The molecule has 0 spiro atoms. The number of aryl methyl sites for hydroxylation is 1. The fourth-order valence-electron chi connectivity index (χ4n) is 4.18. The molecular formula is C24H28FN3OS. The minimum atomic E-state index is -0.782. The summed E-state index contributed by atoms with van der Waals surface area (Å²) in [4.78, 5) is 18.1. The van der Waals surface area contributed by atoms with E-state index in [1.807, 2.05) is 37.1 Å². The third-order valence-corrected chi connectivity index (χ3v) is 6.63. The van der Waals surface area contributed by atoms with Crippen molar-refractivity contribution in [1.29, 1.82) is 0 Å². The number of fused-ring (bicyclic) bond motifs is 1. The number of amides is 1. The molecule has 6 heteroatoms. The van der Waals surface area contributed by atoms with Crippen molar-refractivity contribution in [2.24, 2.45) is 0 Å². The average Bonchev–Trinajstić information content (AvgIpc) is 2.82. The lowest BCUT2D eigenvalue weighted by atomic mass is 9.92. The van der Waals surface area contributed by atoms with Crippen molar-refractivity contribution in [1.82, 2.24) is 9.80 Å². The molecule has 2 heterocycles. The van der Waals surface area contributed by atoms with Gasteiger partial charge in [-0.25, -0.2) is 4.39 Å². The van der Waals surface area contributed by atoms with Crippen molar-refractivity contribution in [3.63, 3.8) is 0 Å². The number of alkyl halides is 1. The van der Waals surface area contributed by atoms with Crippen LogP contribution in [0.25, 0.3) is 6.08 Å². The molecule has 0 bridgehead atoms. The summed E-state index contributed by atoms with van der Waals surface area (Å²) < 4.78 is 13.5. The lowest BCUT2D eigenvalue weighted by Gasteiger charge is -2.39. The molecule has 0 unspecified atom stereocenters. The van der Waals surface area contributed by atoms with E-state index in [0.717, 1.165) is 28.1 Å². The first kappa shape index (κ1) is 20.8. The molecule has 2 aromatic rings. The van der Waals surface area contributed by atoms with Gasteiger partial charge >= 0.3 is 0 Å². The highest BCUT2D eigenvalue weighted by atomic mass is 32.2. The molecule has 1 N–H and O–H groups in total. The van der Waals surface area contributed by atoms with Gasteiger partial charge in [-0.3, -0.25) is 4.79 Å². The molecule has 2 aliphatic heterocycles. The number of carbonyl (C=O) groups is 1. The third-order valence-electron chi connectivity index (χ3n) is 5.83. The van der Waals surface area contributed by atoms with Gasteiger partial charge in [0.2, 0.25) is 0 Å². The van der Waals surface area contributed by atoms with E-state index in [1.54, 1.807) is 16.7 Å². The highest BCUT2D eigenvalue weighted by molar-refractivity contribution is 7.98. The van der Waals surface area contributed by atoms with Crippen molar-refractivity contribution in [2.75, 3.05) is 38.3 Å². The first-order valence-corrected chi connectivity index (χ1v) is 11.5. The third kappa shape index (κ3) is 3.93. The van der Waals surface area contributed by atoms with E-state index in [1.165, 1.54) is 4.90 Å². The summed E-state index contributed by atoms with van der Waals surface area (Å²) in [5, 5.41) is 3.63. The number of thioether (sulfide) groups is 1. The number of halogens is 1. The lowest BCUT2D eigenvalue weighted by molar-refractivity contribution is 0.0737. The Kier molecular flexibility index (Phi) is 5.78. The van der Waals surface area contributed by atoms with Crippen LogP contribution in [0, 0.1) is 6.92 Å². The van der Waals surface area contributed by atoms with Crippen molar-refractivity contribution < 1.29 is 9.18 Å². The lowest BCUT2D eigenvalue weighted by Crippen LogP contribution is -2.49. The van der Waals surface area contributed by atoms with Crippen LogP contribution >= 0.6 is 11.8 Å². The second-order valence-corrected chi connectivity index (χ2v) is 9.03. The molecule has 0 saturated carbocycles. The standard InChI is InChI=1S/C24H28FN3OS/c1-15-9-19(16(2)26-22-7-5-6-8-23(22)30-4)20-11-18(28-12-17(25)13-28)14-27(3)24(29)21(20)10-15/h5-11,16-17,26H,12-14H2,1-4H3/t16-/m1/s1. The second-order valence-electron chi connectivity index (χ2n) is 8.18. The molecule has 2 aromatic carbocycles. The number of likely N-dealkylation sites (tertiary alicyclic amines) is 1. The fraction of sp³-hybridized carbons (Fsp3) is 0.375. The number of hydrogen-bond acceptors (Lipinski definition) is 4. The largest absolute Gasteiger partial charge is 0.378 e. The highest BCUT2D eigenvalue weighted by Gasteiger charge is 2.32. The number of nitrogens with zero attached hydrogens (tertiary/aromatic N) is 2. The minimum absolute atomic E-state index is 0.00553. The maximum atomic E-state index is 13.5. The molecule has 2 aliphatic rings. The summed E-state index contributed by atoms with van der Waals surface area (Å²) >= 11 is 1.71. The number of hydrogen-bond donors (Lipinski definition) is 1. The Balaban J connectivity index is 1.76. The van der Waals surface area contributed by atoms with Gasteiger partial charge in [-0.2, -0.15) is 0 Å². The number of benzene rings is 2. The summed E-state index contributed by atoms with van der Waals surface area (Å²) in [7, 11) is 1.82. The molecule has 1 saturated heterocycles. The molecule has 1 atom stereocenters. The highest BCUT2D eigenvalue weighted by Crippen LogP contribution is 2.34. The number of carbonyl (C=O) groups excluding carboxylic acids is 1. The van der Waals surface area contributed by atoms with Gasteiger partial charge in [0, 0.05) is 34.9 Å². The topological polar surface area (TPSA) is 35.6 Å². The predicted molar refractivity (Wildman–Crippen MR) is 123 cm³/mol. The first-order chi connectivity index (χ1) is 14.4. The Labute approximate surface area is 182 Å². The van der Waals surface area contributed by atoms with Crippen LogP contribution in [0.1, 0.15) is 40.0 Å². The molecule has 1 fully saturated rings. The van der Waals surface area contributed by atoms with Gasteiger partial charge in [-0.1, -0.05) is 18.2 Å². The summed E-state index contributed by atoms with van der Waals surface area (Å²) in [5.74, 6) is 0.00948. The van der Waals surface area contributed by atoms with Crippen molar-refractivity contribution in [2.45, 2.75) is 31.0 Å². The van der Waals surface area contributed by atoms with Crippen LogP contribution in [0.15, 0.2) is 47.0 Å². The van der Waals surface area contributed by atoms with Gasteiger partial charge < -0.3 is 15.1 Å². The number of para-hydroxylation sites is 1. The Morgan fingerprint density at radius 3 is 2.67 bits per heavy atom. The van der Waals surface area contributed by atoms with Gasteiger partial charge in [-0.05, 0) is 61.1 Å². The second kappa shape index (κ2) is 8.34. The Hall–Kier alpha value is -2.47. The summed E-state index contributed by atoms with van der Waals surface area (Å²) in [6.07, 6.45) is 3.38. The van der Waals surface area contributed by atoms with E-state index in [0.29, 0.717) is 25.2 Å². The van der Waals surface area contributed by atoms with Gasteiger partial charge in [0.15, 0.2) is 0 Å². The summed E-state index contributed by atoms with van der Waals surface area (Å²) in [5.41, 5.74) is 5.87. The Bertz CT molecular complexity index is 1000. The predicted octanol–water partition coefficient (Wildman–Crippen LogP) is 4.97. The molecule has 30 heavy (non-hydrogen) atoms.